The predicted molar refractivity (Wildman–Crippen MR) is 111 cm³/mol. The van der Waals surface area contributed by atoms with Crippen LogP contribution in [0.3, 0.4) is 0 Å². The second kappa shape index (κ2) is 8.16. The highest BCUT2D eigenvalue weighted by atomic mass is 32.1. The topological polar surface area (TPSA) is 86.1 Å². The number of nitrogens with one attached hydrogen (secondary N) is 1. The van der Waals surface area contributed by atoms with E-state index in [1.807, 2.05) is 30.3 Å². The summed E-state index contributed by atoms with van der Waals surface area (Å²) in [7, 11) is 1.37. The number of nitrogens with zero attached hydrogens (tertiary/aromatic N) is 3. The third-order valence-corrected chi connectivity index (χ3v) is 6.12. The molecule has 0 fully saturated rings. The summed E-state index contributed by atoms with van der Waals surface area (Å²) in [5, 5.41) is 7.84. The fraction of sp³-hybridized carbons (Fsp3) is 0.333. The Hall–Kier alpha value is -3.00. The first-order valence-corrected chi connectivity index (χ1v) is 10.4. The molecule has 0 atom stereocenters. The molecule has 2 aromatic heterocycles. The molecule has 0 spiro atoms. The van der Waals surface area contributed by atoms with Gasteiger partial charge in [0, 0.05) is 10.4 Å². The third kappa shape index (κ3) is 3.93. The van der Waals surface area contributed by atoms with Gasteiger partial charge in [0.15, 0.2) is 5.82 Å². The molecule has 4 rings (SSSR count). The summed E-state index contributed by atoms with van der Waals surface area (Å²) >= 11 is 1.47. The first kappa shape index (κ1) is 19.3. The van der Waals surface area contributed by atoms with Gasteiger partial charge in [-0.1, -0.05) is 30.3 Å². The van der Waals surface area contributed by atoms with Crippen LogP contribution in [0.2, 0.25) is 0 Å². The summed E-state index contributed by atoms with van der Waals surface area (Å²) in [5.41, 5.74) is 2.41. The highest BCUT2D eigenvalue weighted by Crippen LogP contribution is 2.38. The van der Waals surface area contributed by atoms with Crippen molar-refractivity contribution < 1.29 is 14.3 Å². The summed E-state index contributed by atoms with van der Waals surface area (Å²) in [6.07, 6.45) is 3.91. The van der Waals surface area contributed by atoms with Gasteiger partial charge in [0.25, 0.3) is 0 Å². The summed E-state index contributed by atoms with van der Waals surface area (Å²) in [6.45, 7) is 1.80. The van der Waals surface area contributed by atoms with Crippen molar-refractivity contribution in [3.05, 3.63) is 52.2 Å². The Kier molecular flexibility index (Phi) is 5.44. The molecular weight excluding hydrogens is 388 g/mol. The minimum Gasteiger partial charge on any atom is -0.465 e. The molecule has 0 saturated carbocycles. The van der Waals surface area contributed by atoms with Crippen molar-refractivity contribution in [2.75, 3.05) is 12.4 Å². The molecule has 0 radical (unpaired) electrons. The largest absolute Gasteiger partial charge is 0.465 e. The van der Waals surface area contributed by atoms with Crippen molar-refractivity contribution in [1.82, 2.24) is 14.8 Å². The Balaban J connectivity index is 1.59. The average molecular weight is 410 g/mol. The van der Waals surface area contributed by atoms with Crippen LogP contribution < -0.4 is 5.32 Å². The molecule has 29 heavy (non-hydrogen) atoms. The van der Waals surface area contributed by atoms with Crippen molar-refractivity contribution in [3.63, 3.8) is 0 Å². The van der Waals surface area contributed by atoms with Gasteiger partial charge in [-0.05, 0) is 38.2 Å². The van der Waals surface area contributed by atoms with Crippen molar-refractivity contribution in [3.8, 4) is 11.4 Å². The molecule has 150 valence electrons. The minimum atomic E-state index is -0.402. The number of hydrogen-bond donors (Lipinski definition) is 1. The third-order valence-electron chi connectivity index (χ3n) is 4.92. The maximum Gasteiger partial charge on any atom is 0.341 e. The molecule has 1 aliphatic carbocycles. The van der Waals surface area contributed by atoms with E-state index in [0.717, 1.165) is 41.7 Å². The van der Waals surface area contributed by atoms with Crippen LogP contribution in [-0.4, -0.2) is 33.8 Å². The first-order chi connectivity index (χ1) is 14.1. The Morgan fingerprint density at radius 2 is 1.97 bits per heavy atom. The average Bonchev–Trinajstić information content (AvgIpc) is 3.27. The molecule has 1 aromatic carbocycles. The normalized spacial score (nSPS) is 13.0. The van der Waals surface area contributed by atoms with Gasteiger partial charge in [0.05, 0.1) is 12.7 Å². The van der Waals surface area contributed by atoms with Crippen molar-refractivity contribution >= 4 is 28.2 Å². The molecule has 0 aliphatic heterocycles. The lowest BCUT2D eigenvalue weighted by atomic mass is 9.95. The van der Waals surface area contributed by atoms with E-state index in [9.17, 15) is 9.59 Å². The van der Waals surface area contributed by atoms with Crippen LogP contribution >= 0.6 is 11.3 Å². The molecule has 7 nitrogen and oxygen atoms in total. The SMILES string of the molecule is COC(=O)c1c(NC(=O)Cn2nc(C)nc2-c2ccccc2)sc2c1CCCC2. The Morgan fingerprint density at radius 1 is 1.21 bits per heavy atom. The second-order valence-electron chi connectivity index (χ2n) is 6.96. The van der Waals surface area contributed by atoms with Crippen LogP contribution in [0, 0.1) is 6.92 Å². The first-order valence-electron chi connectivity index (χ1n) is 9.56. The van der Waals surface area contributed by atoms with E-state index < -0.39 is 5.97 Å². The quantitative estimate of drug-likeness (QED) is 0.649. The smallest absolute Gasteiger partial charge is 0.341 e. The molecule has 1 amide bonds. The summed E-state index contributed by atoms with van der Waals surface area (Å²) in [6, 6.07) is 9.63. The zero-order chi connectivity index (χ0) is 20.4. The maximum atomic E-state index is 12.8. The maximum absolute atomic E-state index is 12.8. The van der Waals surface area contributed by atoms with Gasteiger partial charge >= 0.3 is 5.97 Å². The Bertz CT molecular complexity index is 1060. The molecule has 0 saturated heterocycles. The number of methoxy groups -OCH3 is 1. The van der Waals surface area contributed by atoms with Crippen molar-refractivity contribution in [2.45, 2.75) is 39.2 Å². The van der Waals surface area contributed by atoms with E-state index in [4.69, 9.17) is 4.74 Å². The van der Waals surface area contributed by atoms with Crippen LogP contribution in [0.1, 0.15) is 39.5 Å². The van der Waals surface area contributed by atoms with Gasteiger partial charge in [-0.2, -0.15) is 5.10 Å². The van der Waals surface area contributed by atoms with E-state index >= 15 is 0 Å². The highest BCUT2D eigenvalue weighted by molar-refractivity contribution is 7.17. The van der Waals surface area contributed by atoms with Crippen LogP contribution in [-0.2, 0) is 28.9 Å². The molecular formula is C21H22N4O3S. The molecule has 1 aliphatic rings. The fourth-order valence-electron chi connectivity index (χ4n) is 3.64. The van der Waals surface area contributed by atoms with Gasteiger partial charge in [0.2, 0.25) is 5.91 Å². The lowest BCUT2D eigenvalue weighted by Crippen LogP contribution is -2.21. The number of ether oxygens (including phenoxy) is 1. The number of anilines is 1. The second-order valence-corrected chi connectivity index (χ2v) is 8.07. The number of aryl methyl sites for hydroxylation is 2. The Morgan fingerprint density at radius 3 is 2.72 bits per heavy atom. The number of esters is 1. The zero-order valence-corrected chi connectivity index (χ0v) is 17.2. The minimum absolute atomic E-state index is 0.00818. The van der Waals surface area contributed by atoms with Gasteiger partial charge in [-0.25, -0.2) is 14.5 Å². The fourth-order valence-corrected chi connectivity index (χ4v) is 4.93. The lowest BCUT2D eigenvalue weighted by molar-refractivity contribution is -0.116. The number of rotatable bonds is 5. The van der Waals surface area contributed by atoms with Crippen LogP contribution in [0.5, 0.6) is 0 Å². The van der Waals surface area contributed by atoms with Crippen LogP contribution in [0.25, 0.3) is 11.4 Å². The number of aromatic nitrogens is 3. The van der Waals surface area contributed by atoms with Gasteiger partial charge in [-0.3, -0.25) is 4.79 Å². The number of hydrogen-bond acceptors (Lipinski definition) is 6. The van der Waals surface area contributed by atoms with Gasteiger partial charge < -0.3 is 10.1 Å². The Labute approximate surface area is 172 Å². The molecule has 0 bridgehead atoms. The predicted octanol–water partition coefficient (Wildman–Crippen LogP) is 3.62. The van der Waals surface area contributed by atoms with Crippen LogP contribution in [0.4, 0.5) is 5.00 Å². The monoisotopic (exact) mass is 410 g/mol. The van der Waals surface area contributed by atoms with E-state index in [1.54, 1.807) is 11.6 Å². The number of amides is 1. The highest BCUT2D eigenvalue weighted by Gasteiger charge is 2.27. The van der Waals surface area contributed by atoms with Crippen LogP contribution in [0.15, 0.2) is 30.3 Å². The number of thiophene rings is 1. The number of carbonyl (C=O) groups excluding carboxylic acids is 2. The van der Waals surface area contributed by atoms with Crippen molar-refractivity contribution in [2.24, 2.45) is 0 Å². The molecule has 1 N–H and O–H groups in total. The van der Waals surface area contributed by atoms with Gasteiger partial charge in [-0.15, -0.1) is 11.3 Å². The summed E-state index contributed by atoms with van der Waals surface area (Å²) in [4.78, 5) is 30.8. The van der Waals surface area contributed by atoms with E-state index in [0.29, 0.717) is 22.2 Å². The number of carbonyl (C=O) groups is 2. The standard InChI is InChI=1S/C21H22N4O3S/c1-13-22-19(14-8-4-3-5-9-14)25(24-13)12-17(26)23-20-18(21(27)28-2)15-10-6-7-11-16(15)29-20/h3-5,8-9H,6-7,10-12H2,1-2H3,(H,23,26). The number of fused-ring (bicyclic) bond motifs is 1. The summed E-state index contributed by atoms with van der Waals surface area (Å²) in [5.74, 6) is 0.576. The lowest BCUT2D eigenvalue weighted by Gasteiger charge is -2.12. The van der Waals surface area contributed by atoms with E-state index in [-0.39, 0.29) is 12.5 Å². The molecule has 2 heterocycles. The number of benzene rings is 1. The van der Waals surface area contributed by atoms with E-state index in [1.165, 1.54) is 18.4 Å². The molecule has 8 heteroatoms. The molecule has 0 unspecified atom stereocenters. The molecule has 3 aromatic rings. The van der Waals surface area contributed by atoms with Crippen molar-refractivity contribution in [1.29, 1.82) is 0 Å². The van der Waals surface area contributed by atoms with E-state index in [2.05, 4.69) is 15.4 Å². The van der Waals surface area contributed by atoms with Gasteiger partial charge in [0.1, 0.15) is 17.4 Å². The zero-order valence-electron chi connectivity index (χ0n) is 16.4. The summed E-state index contributed by atoms with van der Waals surface area (Å²) < 4.78 is 6.56.